The maximum absolute atomic E-state index is 12.1. The van der Waals surface area contributed by atoms with E-state index in [1.807, 2.05) is 36.4 Å². The minimum absolute atomic E-state index is 0.146. The number of methoxy groups -OCH3 is 1. The van der Waals surface area contributed by atoms with Crippen molar-refractivity contribution in [3.05, 3.63) is 65.7 Å². The second-order valence-electron chi connectivity index (χ2n) is 8.25. The summed E-state index contributed by atoms with van der Waals surface area (Å²) in [6, 6.07) is 14.6. The Balaban J connectivity index is 1.72. The number of carbonyl (C=O) groups is 3. The fourth-order valence-corrected chi connectivity index (χ4v) is 2.69. The molecule has 0 heterocycles. The van der Waals surface area contributed by atoms with Crippen LogP contribution >= 0.6 is 0 Å². The molecule has 0 spiro atoms. The first-order valence-corrected chi connectivity index (χ1v) is 10.6. The Hall–Kier alpha value is -3.81. The maximum atomic E-state index is 12.1. The van der Waals surface area contributed by atoms with Crippen molar-refractivity contribution in [1.82, 2.24) is 10.6 Å². The monoisotopic (exact) mass is 453 g/mol. The van der Waals surface area contributed by atoms with E-state index in [-0.39, 0.29) is 24.8 Å². The molecule has 2 aromatic carbocycles. The van der Waals surface area contributed by atoms with Gasteiger partial charge in [-0.15, -0.1) is 0 Å². The molecule has 0 radical (unpaired) electrons. The molecule has 0 unspecified atom stereocenters. The van der Waals surface area contributed by atoms with Crippen molar-refractivity contribution in [1.29, 1.82) is 0 Å². The van der Waals surface area contributed by atoms with Gasteiger partial charge in [0.05, 0.1) is 7.11 Å². The first-order valence-electron chi connectivity index (χ1n) is 10.6. The molecule has 3 N–H and O–H groups in total. The first kappa shape index (κ1) is 25.5. The van der Waals surface area contributed by atoms with Gasteiger partial charge in [-0.1, -0.05) is 24.3 Å². The molecule has 2 aromatic rings. The van der Waals surface area contributed by atoms with Gasteiger partial charge in [0.2, 0.25) is 11.8 Å². The second kappa shape index (κ2) is 12.3. The molecule has 0 aliphatic carbocycles. The molecule has 3 amide bonds. The molecule has 8 nitrogen and oxygen atoms in total. The largest absolute Gasteiger partial charge is 0.497 e. The number of amides is 3. The first-order chi connectivity index (χ1) is 15.6. The smallest absolute Gasteiger partial charge is 0.407 e. The molecule has 0 fully saturated rings. The van der Waals surface area contributed by atoms with E-state index in [4.69, 9.17) is 9.47 Å². The summed E-state index contributed by atoms with van der Waals surface area (Å²) in [7, 11) is 1.59. The number of hydrogen-bond acceptors (Lipinski definition) is 5. The van der Waals surface area contributed by atoms with Gasteiger partial charge in [0.25, 0.3) is 0 Å². The van der Waals surface area contributed by atoms with Crippen LogP contribution in [0.25, 0.3) is 6.08 Å². The number of benzene rings is 2. The van der Waals surface area contributed by atoms with Gasteiger partial charge in [0.15, 0.2) is 0 Å². The molecule has 0 aliphatic rings. The van der Waals surface area contributed by atoms with Crippen molar-refractivity contribution in [2.24, 2.45) is 0 Å². The highest BCUT2D eigenvalue weighted by molar-refractivity contribution is 6.01. The van der Waals surface area contributed by atoms with Gasteiger partial charge in [-0.05, 0) is 62.2 Å². The minimum Gasteiger partial charge on any atom is -0.497 e. The molecular weight excluding hydrogens is 422 g/mol. The third kappa shape index (κ3) is 10.4. The van der Waals surface area contributed by atoms with E-state index in [1.54, 1.807) is 46.1 Å². The Kier molecular flexibility index (Phi) is 9.47. The van der Waals surface area contributed by atoms with Gasteiger partial charge >= 0.3 is 6.09 Å². The highest BCUT2D eigenvalue weighted by Crippen LogP contribution is 2.14. The van der Waals surface area contributed by atoms with E-state index in [1.165, 1.54) is 6.08 Å². The van der Waals surface area contributed by atoms with Gasteiger partial charge < -0.3 is 25.4 Å². The topological polar surface area (TPSA) is 106 Å². The predicted molar refractivity (Wildman–Crippen MR) is 128 cm³/mol. The van der Waals surface area contributed by atoms with Gasteiger partial charge in [0.1, 0.15) is 11.4 Å². The van der Waals surface area contributed by atoms with E-state index in [0.29, 0.717) is 12.2 Å². The summed E-state index contributed by atoms with van der Waals surface area (Å²) in [5, 5.41) is 8.13. The molecule has 0 saturated carbocycles. The van der Waals surface area contributed by atoms with Crippen molar-refractivity contribution in [2.75, 3.05) is 19.0 Å². The number of ether oxygens (including phenoxy) is 2. The normalized spacial score (nSPS) is 11.0. The van der Waals surface area contributed by atoms with Crippen LogP contribution in [-0.2, 0) is 20.9 Å². The predicted octanol–water partition coefficient (Wildman–Crippen LogP) is 3.88. The summed E-state index contributed by atoms with van der Waals surface area (Å²) < 4.78 is 10.3. The lowest BCUT2D eigenvalue weighted by Crippen LogP contribution is -2.35. The summed E-state index contributed by atoms with van der Waals surface area (Å²) in [6.07, 6.45) is 2.76. The summed E-state index contributed by atoms with van der Waals surface area (Å²) in [5.41, 5.74) is 1.81. The van der Waals surface area contributed by atoms with Crippen LogP contribution in [0.1, 0.15) is 38.3 Å². The summed E-state index contributed by atoms with van der Waals surface area (Å²) in [5.74, 6) is 0.280. The Labute approximate surface area is 194 Å². The third-order valence-electron chi connectivity index (χ3n) is 4.25. The zero-order chi connectivity index (χ0) is 24.3. The lowest BCUT2D eigenvalue weighted by Gasteiger charge is -2.19. The van der Waals surface area contributed by atoms with Gasteiger partial charge in [-0.3, -0.25) is 9.59 Å². The van der Waals surface area contributed by atoms with Gasteiger partial charge in [-0.2, -0.15) is 0 Å². The molecule has 33 heavy (non-hydrogen) atoms. The number of nitrogens with one attached hydrogen (secondary N) is 3. The van der Waals surface area contributed by atoms with Crippen LogP contribution in [0.4, 0.5) is 10.5 Å². The Bertz CT molecular complexity index is 978. The summed E-state index contributed by atoms with van der Waals surface area (Å²) >= 11 is 0. The van der Waals surface area contributed by atoms with Crippen LogP contribution in [0, 0.1) is 0 Å². The van der Waals surface area contributed by atoms with Crippen LogP contribution in [0.2, 0.25) is 0 Å². The Morgan fingerprint density at radius 2 is 1.73 bits per heavy atom. The summed E-state index contributed by atoms with van der Waals surface area (Å²) in [6.45, 7) is 5.85. The van der Waals surface area contributed by atoms with Crippen LogP contribution in [0.5, 0.6) is 5.75 Å². The van der Waals surface area contributed by atoms with Crippen LogP contribution < -0.4 is 20.7 Å². The van der Waals surface area contributed by atoms with Crippen LogP contribution in [-0.4, -0.2) is 37.2 Å². The van der Waals surface area contributed by atoms with Crippen molar-refractivity contribution >= 4 is 29.7 Å². The van der Waals surface area contributed by atoms with E-state index in [2.05, 4.69) is 16.0 Å². The average Bonchev–Trinajstić information content (AvgIpc) is 2.76. The van der Waals surface area contributed by atoms with E-state index < -0.39 is 11.7 Å². The molecular formula is C25H31N3O5. The van der Waals surface area contributed by atoms with Gasteiger partial charge in [-0.25, -0.2) is 4.79 Å². The minimum atomic E-state index is -0.579. The lowest BCUT2D eigenvalue weighted by atomic mass is 10.2. The second-order valence-corrected chi connectivity index (χ2v) is 8.25. The zero-order valence-electron chi connectivity index (χ0n) is 19.4. The van der Waals surface area contributed by atoms with Crippen LogP contribution in [0.3, 0.4) is 0 Å². The van der Waals surface area contributed by atoms with Crippen molar-refractivity contribution < 1.29 is 23.9 Å². The highest BCUT2D eigenvalue weighted by Gasteiger charge is 2.15. The number of rotatable bonds is 9. The molecule has 2 rings (SSSR count). The van der Waals surface area contributed by atoms with E-state index in [0.717, 1.165) is 16.9 Å². The SMILES string of the molecule is COc1cccc(/C=C/C(=O)Nc2ccc(CNC(=O)CCNC(=O)OC(C)(C)C)cc2)c1. The third-order valence-corrected chi connectivity index (χ3v) is 4.25. The Morgan fingerprint density at radius 3 is 2.39 bits per heavy atom. The fraction of sp³-hybridized carbons (Fsp3) is 0.320. The molecule has 0 aliphatic heterocycles. The molecule has 0 saturated heterocycles. The lowest BCUT2D eigenvalue weighted by molar-refractivity contribution is -0.121. The van der Waals surface area contributed by atoms with Crippen molar-refractivity contribution in [3.8, 4) is 5.75 Å². The number of alkyl carbamates (subject to hydrolysis) is 1. The summed E-state index contributed by atoms with van der Waals surface area (Å²) in [4.78, 5) is 35.7. The molecule has 0 aromatic heterocycles. The Morgan fingerprint density at radius 1 is 1.00 bits per heavy atom. The fourth-order valence-electron chi connectivity index (χ4n) is 2.69. The average molecular weight is 454 g/mol. The number of anilines is 1. The molecule has 0 atom stereocenters. The molecule has 176 valence electrons. The van der Waals surface area contributed by atoms with E-state index >= 15 is 0 Å². The number of hydrogen-bond donors (Lipinski definition) is 3. The standard InChI is InChI=1S/C25H31N3O5/c1-25(2,3)33-24(31)26-15-14-22(29)27-17-19-8-11-20(12-9-19)28-23(30)13-10-18-6-5-7-21(16-18)32-4/h5-13,16H,14-15,17H2,1-4H3,(H,26,31)(H,27,29)(H,28,30)/b13-10+. The quantitative estimate of drug-likeness (QED) is 0.500. The van der Waals surface area contributed by atoms with Crippen molar-refractivity contribution in [3.63, 3.8) is 0 Å². The van der Waals surface area contributed by atoms with Gasteiger partial charge in [0, 0.05) is 31.3 Å². The maximum Gasteiger partial charge on any atom is 0.407 e. The number of carbonyl (C=O) groups excluding carboxylic acids is 3. The molecule has 8 heteroatoms. The van der Waals surface area contributed by atoms with E-state index in [9.17, 15) is 14.4 Å². The highest BCUT2D eigenvalue weighted by atomic mass is 16.6. The molecule has 0 bridgehead atoms. The van der Waals surface area contributed by atoms with Crippen molar-refractivity contribution in [2.45, 2.75) is 39.3 Å². The van der Waals surface area contributed by atoms with Crippen LogP contribution in [0.15, 0.2) is 54.6 Å². The zero-order valence-corrected chi connectivity index (χ0v) is 19.4.